The molecule has 59 heavy (non-hydrogen) atoms. The molecule has 1 aliphatic rings. The molecule has 2 aromatic carbocycles. The summed E-state index contributed by atoms with van der Waals surface area (Å²) in [5.41, 5.74) is 0.123. The van der Waals surface area contributed by atoms with E-state index in [0.29, 0.717) is 23.1 Å². The van der Waals surface area contributed by atoms with Gasteiger partial charge in [0, 0.05) is 69.0 Å². The molecule has 0 aromatic heterocycles. The first-order chi connectivity index (χ1) is 27.3. The van der Waals surface area contributed by atoms with Crippen LogP contribution < -0.4 is 5.32 Å². The zero-order valence-corrected chi connectivity index (χ0v) is 36.2. The van der Waals surface area contributed by atoms with Gasteiger partial charge in [-0.05, 0) is 105 Å². The lowest BCUT2D eigenvalue weighted by Gasteiger charge is -2.29. The van der Waals surface area contributed by atoms with Crippen LogP contribution in [0.5, 0.6) is 11.5 Å². The zero-order chi connectivity index (χ0) is 44.3. The highest BCUT2D eigenvalue weighted by Gasteiger charge is 2.27. The number of nitrogens with zero attached hydrogens (tertiary/aromatic N) is 3. The van der Waals surface area contributed by atoms with Crippen molar-refractivity contribution in [2.75, 3.05) is 39.3 Å². The summed E-state index contributed by atoms with van der Waals surface area (Å²) in [6.07, 6.45) is 2.80. The van der Waals surface area contributed by atoms with E-state index >= 15 is 0 Å². The van der Waals surface area contributed by atoms with Crippen molar-refractivity contribution in [2.24, 2.45) is 0 Å². The van der Waals surface area contributed by atoms with Gasteiger partial charge in [0.05, 0.1) is 19.0 Å². The van der Waals surface area contributed by atoms with Crippen LogP contribution in [0.1, 0.15) is 104 Å². The highest BCUT2D eigenvalue weighted by molar-refractivity contribution is 6.12. The first-order valence-corrected chi connectivity index (χ1v) is 19.8. The highest BCUT2D eigenvalue weighted by Crippen LogP contribution is 2.28. The van der Waals surface area contributed by atoms with Crippen LogP contribution >= 0.6 is 0 Å². The minimum Gasteiger partial charge on any atom is -0.508 e. The Balaban J connectivity index is 1.81. The Hall–Kier alpha value is -5.28. The fraction of sp³-hybridized carbons (Fsp3) is 0.545. The van der Waals surface area contributed by atoms with Crippen molar-refractivity contribution >= 4 is 35.6 Å². The number of esters is 3. The highest BCUT2D eigenvalue weighted by atomic mass is 16.6. The normalized spacial score (nSPS) is 13.9. The standard InChI is InChI=1S/C44H62N4O11/c1-29(41(56)59-44(8,9)10)31-13-15-35(50)33(24-31)26-47(28-40(55)58-43(5,6)7)22-21-46(27-39(54)57-42(2,3)4)25-32-23-30(11-14-34(32)49)12-16-36(51)45-19-20-48-37(52)17-18-38(48)53/h11,13-15,17-18,23-24,29,49-50H,12,16,19-22,25-28H2,1-10H3,(H,45,51). The second kappa shape index (κ2) is 20.6. The molecule has 2 aromatic rings. The number of imide groups is 1. The monoisotopic (exact) mass is 822 g/mol. The van der Waals surface area contributed by atoms with Gasteiger partial charge in [-0.1, -0.05) is 18.2 Å². The van der Waals surface area contributed by atoms with Crippen LogP contribution in [0.4, 0.5) is 0 Å². The molecule has 15 nitrogen and oxygen atoms in total. The number of phenols is 2. The molecular formula is C44H62N4O11. The maximum Gasteiger partial charge on any atom is 0.320 e. The Morgan fingerprint density at radius 3 is 1.68 bits per heavy atom. The number of carbonyl (C=O) groups excluding carboxylic acids is 6. The van der Waals surface area contributed by atoms with Crippen LogP contribution in [-0.4, -0.2) is 117 Å². The van der Waals surface area contributed by atoms with E-state index in [4.69, 9.17) is 14.2 Å². The number of phenolic OH excluding ortho intramolecular Hbond substituents is 2. The van der Waals surface area contributed by atoms with Crippen molar-refractivity contribution in [3.05, 3.63) is 70.8 Å². The summed E-state index contributed by atoms with van der Waals surface area (Å²) in [6, 6.07) is 9.84. The fourth-order valence-electron chi connectivity index (χ4n) is 6.06. The van der Waals surface area contributed by atoms with Gasteiger partial charge < -0.3 is 29.7 Å². The molecule has 3 rings (SSSR count). The average Bonchev–Trinajstić information content (AvgIpc) is 3.41. The van der Waals surface area contributed by atoms with Gasteiger partial charge in [0.2, 0.25) is 5.91 Å². The van der Waals surface area contributed by atoms with Gasteiger partial charge in [0.15, 0.2) is 0 Å². The van der Waals surface area contributed by atoms with Gasteiger partial charge in [-0.2, -0.15) is 0 Å². The smallest absolute Gasteiger partial charge is 0.320 e. The van der Waals surface area contributed by atoms with Gasteiger partial charge in [-0.25, -0.2) is 0 Å². The number of aryl methyl sites for hydroxylation is 1. The van der Waals surface area contributed by atoms with E-state index in [9.17, 15) is 39.0 Å². The topological polar surface area (TPSA) is 192 Å². The van der Waals surface area contributed by atoms with Crippen LogP contribution in [0.15, 0.2) is 48.6 Å². The minimum absolute atomic E-state index is 0.0209. The van der Waals surface area contributed by atoms with Crippen LogP contribution in [0.2, 0.25) is 0 Å². The molecule has 0 saturated heterocycles. The van der Waals surface area contributed by atoms with Gasteiger partial charge in [0.25, 0.3) is 11.8 Å². The van der Waals surface area contributed by atoms with Crippen molar-refractivity contribution in [2.45, 2.75) is 118 Å². The molecule has 3 amide bonds. The van der Waals surface area contributed by atoms with E-state index in [1.54, 1.807) is 103 Å². The quantitative estimate of drug-likeness (QED) is 0.102. The van der Waals surface area contributed by atoms with E-state index in [-0.39, 0.29) is 76.2 Å². The first-order valence-electron chi connectivity index (χ1n) is 19.8. The fourth-order valence-corrected chi connectivity index (χ4v) is 6.06. The number of aromatic hydroxyl groups is 2. The van der Waals surface area contributed by atoms with Crippen LogP contribution in [0.3, 0.4) is 0 Å². The van der Waals surface area contributed by atoms with E-state index in [1.165, 1.54) is 24.3 Å². The lowest BCUT2D eigenvalue weighted by atomic mass is 9.98. The third-order valence-electron chi connectivity index (χ3n) is 8.77. The Morgan fingerprint density at radius 1 is 0.712 bits per heavy atom. The lowest BCUT2D eigenvalue weighted by Crippen LogP contribution is -2.41. The van der Waals surface area contributed by atoms with Gasteiger partial charge in [0.1, 0.15) is 28.3 Å². The number of hydrogen-bond donors (Lipinski definition) is 3. The minimum atomic E-state index is -0.760. The van der Waals surface area contributed by atoms with Crippen molar-refractivity contribution in [3.8, 4) is 11.5 Å². The molecule has 15 heteroatoms. The summed E-state index contributed by atoms with van der Waals surface area (Å²) in [7, 11) is 0. The molecule has 1 aliphatic heterocycles. The van der Waals surface area contributed by atoms with Gasteiger partial charge in [-0.15, -0.1) is 0 Å². The number of ether oxygens (including phenoxy) is 3. The maximum absolute atomic E-state index is 13.2. The van der Waals surface area contributed by atoms with Crippen LogP contribution in [0.25, 0.3) is 0 Å². The number of carbonyl (C=O) groups is 6. The summed E-state index contributed by atoms with van der Waals surface area (Å²) in [6.45, 7) is 18.1. The molecular weight excluding hydrogens is 761 g/mol. The van der Waals surface area contributed by atoms with Crippen LogP contribution in [-0.2, 0) is 62.5 Å². The third kappa shape index (κ3) is 17.2. The Bertz CT molecular complexity index is 1850. The summed E-state index contributed by atoms with van der Waals surface area (Å²) in [5, 5.41) is 24.6. The third-order valence-corrected chi connectivity index (χ3v) is 8.77. The predicted octanol–water partition coefficient (Wildman–Crippen LogP) is 4.50. The molecule has 3 N–H and O–H groups in total. The molecule has 324 valence electrons. The second-order valence-electron chi connectivity index (χ2n) is 17.7. The molecule has 0 fully saturated rings. The first kappa shape index (κ1) is 48.1. The number of nitrogens with one attached hydrogen (secondary N) is 1. The number of rotatable bonds is 19. The second-order valence-corrected chi connectivity index (χ2v) is 17.7. The molecule has 0 aliphatic carbocycles. The molecule has 0 radical (unpaired) electrons. The van der Waals surface area contributed by atoms with Crippen LogP contribution in [0, 0.1) is 0 Å². The van der Waals surface area contributed by atoms with E-state index < -0.39 is 52.4 Å². The van der Waals surface area contributed by atoms with Gasteiger partial charge in [-0.3, -0.25) is 43.5 Å². The Morgan fingerprint density at radius 2 is 1.19 bits per heavy atom. The molecule has 0 spiro atoms. The van der Waals surface area contributed by atoms with Crippen molar-refractivity contribution < 1.29 is 53.2 Å². The number of benzene rings is 2. The number of hydrogen-bond acceptors (Lipinski definition) is 13. The summed E-state index contributed by atoms with van der Waals surface area (Å²) >= 11 is 0. The Labute approximate surface area is 347 Å². The SMILES string of the molecule is CC(C(=O)OC(C)(C)C)c1ccc(O)c(CN(CCN(CC(=O)OC(C)(C)C)Cc2cc(CCC(=O)NCCN3C(=O)C=CC3=O)ccc2O)CC(=O)OC(C)(C)C)c1. The van der Waals surface area contributed by atoms with E-state index in [2.05, 4.69) is 5.32 Å². The predicted molar refractivity (Wildman–Crippen MR) is 220 cm³/mol. The maximum atomic E-state index is 13.2. The molecule has 0 saturated carbocycles. The summed E-state index contributed by atoms with van der Waals surface area (Å²) in [5.74, 6) is -3.23. The average molecular weight is 823 g/mol. The van der Waals surface area contributed by atoms with Gasteiger partial charge >= 0.3 is 17.9 Å². The summed E-state index contributed by atoms with van der Waals surface area (Å²) in [4.78, 5) is 80.0. The largest absolute Gasteiger partial charge is 0.508 e. The molecule has 0 bridgehead atoms. The summed E-state index contributed by atoms with van der Waals surface area (Å²) < 4.78 is 16.9. The van der Waals surface area contributed by atoms with Crippen molar-refractivity contribution in [1.29, 1.82) is 0 Å². The molecule has 1 unspecified atom stereocenters. The zero-order valence-electron chi connectivity index (χ0n) is 36.2. The van der Waals surface area contributed by atoms with E-state index in [0.717, 1.165) is 10.5 Å². The Kier molecular flexibility index (Phi) is 16.8. The lowest BCUT2D eigenvalue weighted by molar-refractivity contribution is -0.158. The van der Waals surface area contributed by atoms with E-state index in [1.807, 2.05) is 0 Å². The number of amides is 3. The van der Waals surface area contributed by atoms with Crippen molar-refractivity contribution in [3.63, 3.8) is 0 Å². The molecule has 1 heterocycles. The van der Waals surface area contributed by atoms with Crippen molar-refractivity contribution in [1.82, 2.24) is 20.0 Å². The molecule has 1 atom stereocenters.